The minimum Gasteiger partial charge on any atom is -0.497 e. The minimum atomic E-state index is -1.02. The van der Waals surface area contributed by atoms with Gasteiger partial charge in [0.2, 0.25) is 5.91 Å². The van der Waals surface area contributed by atoms with Gasteiger partial charge >= 0.3 is 5.97 Å². The maximum absolute atomic E-state index is 14.1. The Hall–Kier alpha value is -6.86. The molecule has 0 unspecified atom stereocenters. The average molecular weight is 896 g/mol. The van der Waals surface area contributed by atoms with Gasteiger partial charge in [0.05, 0.1) is 38.9 Å². The molecule has 0 spiro atoms. The molecule has 7 atom stereocenters. The number of carbonyl (C=O) groups excluding carboxylic acids is 2. The molecule has 66 heavy (non-hydrogen) atoms. The van der Waals surface area contributed by atoms with Gasteiger partial charge in [0, 0.05) is 12.6 Å². The number of nitrogens with zero attached hydrogens (tertiary/aromatic N) is 1. The van der Waals surface area contributed by atoms with Gasteiger partial charge in [-0.3, -0.25) is 9.59 Å². The van der Waals surface area contributed by atoms with Gasteiger partial charge in [-0.25, -0.2) is 8.78 Å². The van der Waals surface area contributed by atoms with Crippen LogP contribution in [-0.4, -0.2) is 43.6 Å². The monoisotopic (exact) mass is 895 g/mol. The number of esters is 1. The molecule has 0 radical (unpaired) electrons. The van der Waals surface area contributed by atoms with Gasteiger partial charge in [-0.1, -0.05) is 104 Å². The SMILES string of the molecule is C=C1O[C@@H](Oc2ccc([C@@H]3[C@@H](CC[C@H](OC(C)=O)c4ccc(F)cc4)C(=O)N3c3ccc(F)cc3)cc2)[C@H](OCc2ccccc2)[C@@H](OCc2ccccc2)[C@@H]1OCc1ccc(OC)cc1. The molecule has 0 aromatic heterocycles. The van der Waals surface area contributed by atoms with Crippen LogP contribution < -0.4 is 14.4 Å². The first-order valence-electron chi connectivity index (χ1n) is 21.8. The fourth-order valence-corrected chi connectivity index (χ4v) is 8.35. The topological polar surface area (TPSA) is 102 Å². The van der Waals surface area contributed by atoms with Crippen LogP contribution in [0.4, 0.5) is 14.5 Å². The molecule has 2 fully saturated rings. The first kappa shape index (κ1) is 45.7. The van der Waals surface area contributed by atoms with Gasteiger partial charge in [0.15, 0.2) is 6.10 Å². The molecule has 2 saturated heterocycles. The summed E-state index contributed by atoms with van der Waals surface area (Å²) in [5, 5.41) is 0. The van der Waals surface area contributed by atoms with Crippen molar-refractivity contribution in [2.75, 3.05) is 12.0 Å². The number of hydrogen-bond donors (Lipinski definition) is 0. The van der Waals surface area contributed by atoms with Crippen LogP contribution in [0.5, 0.6) is 11.5 Å². The van der Waals surface area contributed by atoms with Crippen molar-refractivity contribution in [3.05, 3.63) is 210 Å². The lowest BCUT2D eigenvalue weighted by Gasteiger charge is -2.48. The second kappa shape index (κ2) is 21.4. The standard InChI is InChI=1S/C54H51F2NO9/c1-35-50(61-34-39-14-26-45(60-3)27-15-39)51(62-32-37-10-6-4-7-11-37)52(63-33-38-12-8-5-9-13-38)54(64-35)66-46-28-18-41(19-29-46)49-47(53(59)57(49)44-24-22-43(56)23-25-44)30-31-48(65-36(2)58)40-16-20-42(55)21-17-40/h4-29,47-52,54H,1,30-34H2,2-3H3/t47-,48+,49-,50-,51+,52-,54+/m1/s1. The maximum Gasteiger partial charge on any atom is 0.303 e. The number of methoxy groups -OCH3 is 1. The molecule has 2 aliphatic heterocycles. The Labute approximate surface area is 383 Å². The van der Waals surface area contributed by atoms with Gasteiger partial charge in [0.1, 0.15) is 47.2 Å². The molecule has 12 heteroatoms. The Morgan fingerprint density at radius 1 is 0.682 bits per heavy atom. The summed E-state index contributed by atoms with van der Waals surface area (Å²) in [4.78, 5) is 27.7. The van der Waals surface area contributed by atoms with E-state index in [1.165, 1.54) is 31.2 Å². The van der Waals surface area contributed by atoms with Gasteiger partial charge in [-0.05, 0) is 101 Å². The van der Waals surface area contributed by atoms with E-state index >= 15 is 0 Å². The first-order chi connectivity index (χ1) is 32.1. The van der Waals surface area contributed by atoms with Crippen molar-refractivity contribution in [3.63, 3.8) is 0 Å². The van der Waals surface area contributed by atoms with Crippen LogP contribution in [0, 0.1) is 17.6 Å². The molecular weight excluding hydrogens is 845 g/mol. The zero-order valence-electron chi connectivity index (χ0n) is 36.7. The Bertz CT molecular complexity index is 2530. The highest BCUT2D eigenvalue weighted by molar-refractivity contribution is 6.03. The summed E-state index contributed by atoms with van der Waals surface area (Å²) in [6, 6.07) is 45.6. The Morgan fingerprint density at radius 3 is 1.82 bits per heavy atom. The predicted octanol–water partition coefficient (Wildman–Crippen LogP) is 10.8. The van der Waals surface area contributed by atoms with Crippen molar-refractivity contribution >= 4 is 17.6 Å². The quantitative estimate of drug-likeness (QED) is 0.0581. The number of hydrogen-bond acceptors (Lipinski definition) is 9. The van der Waals surface area contributed by atoms with Crippen LogP contribution >= 0.6 is 0 Å². The molecule has 0 saturated carbocycles. The summed E-state index contributed by atoms with van der Waals surface area (Å²) in [5.74, 6) is -0.521. The normalized spacial score (nSPS) is 20.8. The summed E-state index contributed by atoms with van der Waals surface area (Å²) in [5.41, 5.74) is 4.76. The second-order valence-corrected chi connectivity index (χ2v) is 16.2. The third-order valence-electron chi connectivity index (χ3n) is 11.7. The van der Waals surface area contributed by atoms with Crippen molar-refractivity contribution in [2.45, 2.75) is 76.3 Å². The molecular formula is C54H51F2NO9. The average Bonchev–Trinajstić information content (AvgIpc) is 3.33. The van der Waals surface area contributed by atoms with E-state index in [9.17, 15) is 18.4 Å². The summed E-state index contributed by atoms with van der Waals surface area (Å²) in [6.45, 7) is 6.31. The molecule has 340 valence electrons. The second-order valence-electron chi connectivity index (χ2n) is 16.2. The number of ether oxygens (including phenoxy) is 7. The summed E-state index contributed by atoms with van der Waals surface area (Å²) in [7, 11) is 1.62. The van der Waals surface area contributed by atoms with Crippen LogP contribution in [0.25, 0.3) is 0 Å². The molecule has 2 heterocycles. The van der Waals surface area contributed by atoms with Gasteiger partial charge in [0.25, 0.3) is 6.29 Å². The van der Waals surface area contributed by atoms with Crippen LogP contribution in [0.3, 0.4) is 0 Å². The third-order valence-corrected chi connectivity index (χ3v) is 11.7. The Kier molecular flexibility index (Phi) is 14.8. The molecule has 6 aromatic carbocycles. The van der Waals surface area contributed by atoms with Crippen LogP contribution in [-0.2, 0) is 53.1 Å². The number of amides is 1. The zero-order chi connectivity index (χ0) is 46.0. The predicted molar refractivity (Wildman–Crippen MR) is 243 cm³/mol. The Morgan fingerprint density at radius 2 is 1.23 bits per heavy atom. The van der Waals surface area contributed by atoms with Crippen molar-refractivity contribution in [1.82, 2.24) is 0 Å². The third kappa shape index (κ3) is 11.1. The van der Waals surface area contributed by atoms with Crippen LogP contribution in [0.15, 0.2) is 170 Å². The summed E-state index contributed by atoms with van der Waals surface area (Å²) < 4.78 is 71.8. The molecule has 8 rings (SSSR count). The lowest BCUT2D eigenvalue weighted by atomic mass is 9.78. The van der Waals surface area contributed by atoms with Crippen molar-refractivity contribution in [2.24, 2.45) is 5.92 Å². The highest BCUT2D eigenvalue weighted by Gasteiger charge is 2.50. The number of rotatable bonds is 19. The smallest absolute Gasteiger partial charge is 0.303 e. The van der Waals surface area contributed by atoms with Crippen molar-refractivity contribution < 1.29 is 51.5 Å². The van der Waals surface area contributed by atoms with Crippen LogP contribution in [0.1, 0.15) is 59.7 Å². The molecule has 6 aromatic rings. The van der Waals surface area contributed by atoms with Crippen molar-refractivity contribution in [1.29, 1.82) is 0 Å². The summed E-state index contributed by atoms with van der Waals surface area (Å²) in [6.07, 6.45) is -3.34. The van der Waals surface area contributed by atoms with Gasteiger partial charge < -0.3 is 38.1 Å². The fraction of sp³-hybridized carbons (Fsp3) is 0.259. The summed E-state index contributed by atoms with van der Waals surface area (Å²) >= 11 is 0. The van der Waals surface area contributed by atoms with Crippen molar-refractivity contribution in [3.8, 4) is 11.5 Å². The highest BCUT2D eigenvalue weighted by Crippen LogP contribution is 2.47. The lowest BCUT2D eigenvalue weighted by Crippen LogP contribution is -2.56. The van der Waals surface area contributed by atoms with E-state index < -0.39 is 60.3 Å². The molecule has 0 N–H and O–H groups in total. The first-order valence-corrected chi connectivity index (χ1v) is 21.8. The van der Waals surface area contributed by atoms with Gasteiger partial charge in [-0.15, -0.1) is 0 Å². The number of carbonyl (C=O) groups is 2. The molecule has 0 aliphatic carbocycles. The van der Waals surface area contributed by atoms with Gasteiger partial charge in [-0.2, -0.15) is 0 Å². The molecule has 10 nitrogen and oxygen atoms in total. The van der Waals surface area contributed by atoms with E-state index in [4.69, 9.17) is 33.2 Å². The Balaban J connectivity index is 1.05. The van der Waals surface area contributed by atoms with E-state index in [-0.39, 0.29) is 25.7 Å². The van der Waals surface area contributed by atoms with E-state index in [2.05, 4.69) is 6.58 Å². The maximum atomic E-state index is 14.1. The van der Waals surface area contributed by atoms with Crippen LogP contribution in [0.2, 0.25) is 0 Å². The molecule has 2 aliphatic rings. The minimum absolute atomic E-state index is 0.162. The highest BCUT2D eigenvalue weighted by atomic mass is 19.1. The van der Waals surface area contributed by atoms with E-state index in [1.54, 1.807) is 48.4 Å². The number of anilines is 1. The lowest BCUT2D eigenvalue weighted by molar-refractivity contribution is -0.254. The zero-order valence-corrected chi connectivity index (χ0v) is 36.7. The molecule has 0 bridgehead atoms. The van der Waals surface area contributed by atoms with E-state index in [0.717, 1.165) is 28.0 Å². The number of halogens is 2. The largest absolute Gasteiger partial charge is 0.497 e. The van der Waals surface area contributed by atoms with E-state index in [1.807, 2.05) is 97.1 Å². The number of benzene rings is 6. The fourth-order valence-electron chi connectivity index (χ4n) is 8.35. The van der Waals surface area contributed by atoms with E-state index in [0.29, 0.717) is 35.6 Å². The molecule has 1 amide bonds. The number of β-lactam (4-membered cyclic amide) rings is 1.